The number of aryl methyl sites for hydroxylation is 1. The highest BCUT2D eigenvalue weighted by Crippen LogP contribution is 2.21. The van der Waals surface area contributed by atoms with E-state index in [4.69, 9.17) is 4.74 Å². The lowest BCUT2D eigenvalue weighted by atomic mass is 10.1. The van der Waals surface area contributed by atoms with Gasteiger partial charge < -0.3 is 15.0 Å². The van der Waals surface area contributed by atoms with E-state index in [-0.39, 0.29) is 47.3 Å². The molecule has 0 radical (unpaired) electrons. The lowest BCUT2D eigenvalue weighted by Gasteiger charge is -2.34. The van der Waals surface area contributed by atoms with Crippen LogP contribution in [0.25, 0.3) is 0 Å². The lowest BCUT2D eigenvalue weighted by molar-refractivity contribution is -0.00798. The van der Waals surface area contributed by atoms with E-state index in [1.165, 1.54) is 18.2 Å². The standard InChI is InChI=1S/C18H24FN5O3S.HI/c1-20-18(21-7-10-28(25,26)17-6-4-3-5-15(17)19)24-8-9-27-16(13-24)14-11-22-23(2)12-14;/h3-6,11-12,16H,7-10,13H2,1-2H3,(H,20,21);1H. The van der Waals surface area contributed by atoms with Gasteiger partial charge in [-0.15, -0.1) is 24.0 Å². The molecule has 2 heterocycles. The molecule has 160 valence electrons. The molecule has 0 aliphatic carbocycles. The third-order valence-electron chi connectivity index (χ3n) is 4.50. The zero-order chi connectivity index (χ0) is 20.1. The van der Waals surface area contributed by atoms with Crippen LogP contribution < -0.4 is 5.32 Å². The summed E-state index contributed by atoms with van der Waals surface area (Å²) in [6.45, 7) is 1.86. The summed E-state index contributed by atoms with van der Waals surface area (Å²) in [5.74, 6) is -0.385. The van der Waals surface area contributed by atoms with Gasteiger partial charge in [0.1, 0.15) is 16.8 Å². The summed E-state index contributed by atoms with van der Waals surface area (Å²) in [5, 5.41) is 7.23. The zero-order valence-corrected chi connectivity index (χ0v) is 19.4. The van der Waals surface area contributed by atoms with Gasteiger partial charge in [0, 0.05) is 38.9 Å². The third-order valence-corrected chi connectivity index (χ3v) is 6.24. The van der Waals surface area contributed by atoms with E-state index in [1.54, 1.807) is 17.9 Å². The summed E-state index contributed by atoms with van der Waals surface area (Å²) in [6.07, 6.45) is 3.54. The Kier molecular flexibility index (Phi) is 8.40. The van der Waals surface area contributed by atoms with Gasteiger partial charge in [-0.25, -0.2) is 12.8 Å². The van der Waals surface area contributed by atoms with Crippen LogP contribution in [0.2, 0.25) is 0 Å². The highest BCUT2D eigenvalue weighted by Gasteiger charge is 2.25. The number of ether oxygens (including phenoxy) is 1. The maximum atomic E-state index is 13.8. The summed E-state index contributed by atoms with van der Waals surface area (Å²) in [5.41, 5.74) is 0.977. The molecular formula is C18H25FIN5O3S. The van der Waals surface area contributed by atoms with Crippen LogP contribution in [0, 0.1) is 5.82 Å². The molecule has 1 unspecified atom stereocenters. The topological polar surface area (TPSA) is 88.8 Å². The number of hydrogen-bond acceptors (Lipinski definition) is 5. The molecule has 1 aromatic heterocycles. The summed E-state index contributed by atoms with van der Waals surface area (Å²) in [4.78, 5) is 5.97. The van der Waals surface area contributed by atoms with E-state index in [1.807, 2.05) is 18.1 Å². The Labute approximate surface area is 187 Å². The molecule has 0 amide bonds. The van der Waals surface area contributed by atoms with E-state index in [2.05, 4.69) is 15.4 Å². The molecule has 0 saturated carbocycles. The molecule has 0 bridgehead atoms. The van der Waals surface area contributed by atoms with Crippen LogP contribution in [0.1, 0.15) is 11.7 Å². The van der Waals surface area contributed by atoms with Crippen LogP contribution in [-0.2, 0) is 21.6 Å². The molecule has 1 atom stereocenters. The van der Waals surface area contributed by atoms with Crippen LogP contribution in [0.15, 0.2) is 46.5 Å². The Morgan fingerprint density at radius 3 is 2.83 bits per heavy atom. The Morgan fingerprint density at radius 2 is 2.17 bits per heavy atom. The Balaban J connectivity index is 0.00000300. The molecule has 8 nitrogen and oxygen atoms in total. The van der Waals surface area contributed by atoms with Crippen molar-refractivity contribution in [2.45, 2.75) is 11.0 Å². The van der Waals surface area contributed by atoms with E-state index < -0.39 is 15.7 Å². The number of morpholine rings is 1. The van der Waals surface area contributed by atoms with E-state index in [9.17, 15) is 12.8 Å². The van der Waals surface area contributed by atoms with Crippen molar-refractivity contribution >= 4 is 39.8 Å². The van der Waals surface area contributed by atoms with Crippen molar-refractivity contribution in [2.75, 3.05) is 39.0 Å². The van der Waals surface area contributed by atoms with Crippen LogP contribution in [0.4, 0.5) is 4.39 Å². The number of rotatable bonds is 5. The highest BCUT2D eigenvalue weighted by molar-refractivity contribution is 14.0. The number of halogens is 2. The minimum atomic E-state index is -3.72. The number of aliphatic imine (C=N–C) groups is 1. The first-order valence-electron chi connectivity index (χ1n) is 8.94. The van der Waals surface area contributed by atoms with Gasteiger partial charge >= 0.3 is 0 Å². The highest BCUT2D eigenvalue weighted by atomic mass is 127. The predicted molar refractivity (Wildman–Crippen MR) is 119 cm³/mol. The molecule has 0 spiro atoms. The molecule has 29 heavy (non-hydrogen) atoms. The summed E-state index contributed by atoms with van der Waals surface area (Å²) in [7, 11) is -0.234. The lowest BCUT2D eigenvalue weighted by Crippen LogP contribution is -2.49. The van der Waals surface area contributed by atoms with Gasteiger partial charge in [0.25, 0.3) is 0 Å². The largest absolute Gasteiger partial charge is 0.370 e. The second-order valence-corrected chi connectivity index (χ2v) is 8.55. The van der Waals surface area contributed by atoms with Crippen LogP contribution >= 0.6 is 24.0 Å². The number of hydrogen-bond donors (Lipinski definition) is 1. The van der Waals surface area contributed by atoms with E-state index in [0.29, 0.717) is 25.7 Å². The smallest absolute Gasteiger partial charge is 0.193 e. The summed E-state index contributed by atoms with van der Waals surface area (Å²) < 4.78 is 46.1. The van der Waals surface area contributed by atoms with Crippen LogP contribution in [-0.4, -0.2) is 68.1 Å². The maximum Gasteiger partial charge on any atom is 0.193 e. The predicted octanol–water partition coefficient (Wildman–Crippen LogP) is 1.60. The maximum absolute atomic E-state index is 13.8. The Hall–Kier alpha value is -1.73. The van der Waals surface area contributed by atoms with Crippen LogP contribution in [0.5, 0.6) is 0 Å². The van der Waals surface area contributed by atoms with Gasteiger partial charge in [-0.1, -0.05) is 12.1 Å². The molecule has 1 saturated heterocycles. The van der Waals surface area contributed by atoms with Crippen LogP contribution in [0.3, 0.4) is 0 Å². The van der Waals surface area contributed by atoms with Gasteiger partial charge in [0.2, 0.25) is 0 Å². The van der Waals surface area contributed by atoms with Gasteiger partial charge in [-0.2, -0.15) is 5.10 Å². The van der Waals surface area contributed by atoms with Crippen molar-refractivity contribution in [3.8, 4) is 0 Å². The minimum Gasteiger partial charge on any atom is -0.370 e. The first-order valence-corrected chi connectivity index (χ1v) is 10.6. The van der Waals surface area contributed by atoms with Crippen molar-refractivity contribution < 1.29 is 17.5 Å². The fraction of sp³-hybridized carbons (Fsp3) is 0.444. The monoisotopic (exact) mass is 537 g/mol. The Morgan fingerprint density at radius 1 is 1.41 bits per heavy atom. The fourth-order valence-corrected chi connectivity index (χ4v) is 4.33. The first kappa shape index (κ1) is 23.5. The van der Waals surface area contributed by atoms with Gasteiger partial charge in [0.15, 0.2) is 15.8 Å². The number of guanidine groups is 1. The normalized spacial score (nSPS) is 17.7. The van der Waals surface area contributed by atoms with Crippen molar-refractivity contribution in [1.29, 1.82) is 0 Å². The van der Waals surface area contributed by atoms with Gasteiger partial charge in [0.05, 0.1) is 25.1 Å². The average Bonchev–Trinajstić information content (AvgIpc) is 3.12. The molecule has 1 fully saturated rings. The molecule has 1 aliphatic rings. The molecule has 11 heteroatoms. The summed E-state index contributed by atoms with van der Waals surface area (Å²) in [6, 6.07) is 5.39. The van der Waals surface area contributed by atoms with Crippen molar-refractivity contribution in [3.63, 3.8) is 0 Å². The van der Waals surface area contributed by atoms with Crippen molar-refractivity contribution in [2.24, 2.45) is 12.0 Å². The molecule has 1 aromatic carbocycles. The SMILES string of the molecule is CN=C(NCCS(=O)(=O)c1ccccc1F)N1CCOC(c2cnn(C)c2)C1.I. The first-order chi connectivity index (χ1) is 13.4. The molecule has 1 N–H and O–H groups in total. The number of aromatic nitrogens is 2. The molecule has 2 aromatic rings. The van der Waals surface area contributed by atoms with Crippen molar-refractivity contribution in [3.05, 3.63) is 48.0 Å². The van der Waals surface area contributed by atoms with E-state index >= 15 is 0 Å². The zero-order valence-electron chi connectivity index (χ0n) is 16.3. The molecular weight excluding hydrogens is 512 g/mol. The Bertz CT molecular complexity index is 950. The van der Waals surface area contributed by atoms with Crippen molar-refractivity contribution in [1.82, 2.24) is 20.0 Å². The second kappa shape index (κ2) is 10.3. The quantitative estimate of drug-likeness (QED) is 0.354. The van der Waals surface area contributed by atoms with Gasteiger partial charge in [-0.05, 0) is 12.1 Å². The number of nitrogens with zero attached hydrogens (tertiary/aromatic N) is 4. The van der Waals surface area contributed by atoms with E-state index in [0.717, 1.165) is 11.6 Å². The third kappa shape index (κ3) is 5.89. The number of sulfone groups is 1. The fourth-order valence-electron chi connectivity index (χ4n) is 3.09. The summed E-state index contributed by atoms with van der Waals surface area (Å²) >= 11 is 0. The number of nitrogens with one attached hydrogen (secondary N) is 1. The second-order valence-electron chi connectivity index (χ2n) is 6.48. The molecule has 1 aliphatic heterocycles. The van der Waals surface area contributed by atoms with Gasteiger partial charge in [-0.3, -0.25) is 9.67 Å². The molecule has 3 rings (SSSR count). The number of benzene rings is 1. The minimum absolute atomic E-state index is 0. The average molecular weight is 537 g/mol.